The van der Waals surface area contributed by atoms with Gasteiger partial charge in [-0.2, -0.15) is 0 Å². The summed E-state index contributed by atoms with van der Waals surface area (Å²) >= 11 is 3.41. The van der Waals surface area contributed by atoms with E-state index < -0.39 is 0 Å². The molecule has 4 heteroatoms. The monoisotopic (exact) mass is 373 g/mol. The van der Waals surface area contributed by atoms with Crippen LogP contribution in [0, 0.1) is 0 Å². The van der Waals surface area contributed by atoms with Crippen LogP contribution in [0.2, 0.25) is 0 Å². The number of halogens is 1. The highest BCUT2D eigenvalue weighted by molar-refractivity contribution is 9.10. The Morgan fingerprint density at radius 3 is 2.26 bits per heavy atom. The molecule has 120 valence electrons. The summed E-state index contributed by atoms with van der Waals surface area (Å²) in [6.07, 6.45) is 2.44. The van der Waals surface area contributed by atoms with Gasteiger partial charge in [0.1, 0.15) is 5.75 Å². The van der Waals surface area contributed by atoms with Gasteiger partial charge in [-0.05, 0) is 54.2 Å². The van der Waals surface area contributed by atoms with Crippen molar-refractivity contribution in [3.63, 3.8) is 0 Å². The molecule has 0 radical (unpaired) electrons. The van der Waals surface area contributed by atoms with E-state index in [-0.39, 0.29) is 5.91 Å². The van der Waals surface area contributed by atoms with Crippen LogP contribution in [-0.4, -0.2) is 29.0 Å². The van der Waals surface area contributed by atoms with Crippen LogP contribution in [0.3, 0.4) is 0 Å². The van der Waals surface area contributed by atoms with Crippen molar-refractivity contribution >= 4 is 21.8 Å². The van der Waals surface area contributed by atoms with Gasteiger partial charge in [0, 0.05) is 17.6 Å². The van der Waals surface area contributed by atoms with Crippen LogP contribution in [0.4, 0.5) is 0 Å². The minimum Gasteiger partial charge on any atom is -0.508 e. The lowest BCUT2D eigenvalue weighted by molar-refractivity contribution is -0.131. The fourth-order valence-electron chi connectivity index (χ4n) is 3.10. The number of likely N-dealkylation sites (tertiary alicyclic amines) is 1. The van der Waals surface area contributed by atoms with Crippen molar-refractivity contribution in [3.05, 3.63) is 64.1 Å². The number of nitrogens with zero attached hydrogens (tertiary/aromatic N) is 1. The van der Waals surface area contributed by atoms with Gasteiger partial charge in [0.05, 0.1) is 6.42 Å². The maximum atomic E-state index is 12.4. The Kier molecular flexibility index (Phi) is 5.01. The summed E-state index contributed by atoms with van der Waals surface area (Å²) in [5, 5.41) is 9.37. The topological polar surface area (TPSA) is 40.5 Å². The molecule has 3 nitrogen and oxygen atoms in total. The van der Waals surface area contributed by atoms with E-state index >= 15 is 0 Å². The smallest absolute Gasteiger partial charge is 0.226 e. The maximum Gasteiger partial charge on any atom is 0.226 e. The quantitative estimate of drug-likeness (QED) is 0.879. The summed E-state index contributed by atoms with van der Waals surface area (Å²) in [6.45, 7) is 1.61. The lowest BCUT2D eigenvalue weighted by atomic mass is 9.89. The van der Waals surface area contributed by atoms with E-state index in [4.69, 9.17) is 0 Å². The van der Waals surface area contributed by atoms with Crippen LogP contribution in [0.1, 0.15) is 29.9 Å². The first kappa shape index (κ1) is 16.1. The number of benzene rings is 2. The first-order valence-corrected chi connectivity index (χ1v) is 8.72. The van der Waals surface area contributed by atoms with Gasteiger partial charge in [-0.3, -0.25) is 4.79 Å². The molecule has 0 aromatic heterocycles. The average Bonchev–Trinajstić information content (AvgIpc) is 2.58. The highest BCUT2D eigenvalue weighted by atomic mass is 79.9. The van der Waals surface area contributed by atoms with E-state index in [2.05, 4.69) is 15.9 Å². The zero-order valence-electron chi connectivity index (χ0n) is 12.9. The third-order valence-electron chi connectivity index (χ3n) is 4.48. The van der Waals surface area contributed by atoms with Crippen molar-refractivity contribution in [1.82, 2.24) is 4.90 Å². The first-order valence-electron chi connectivity index (χ1n) is 7.93. The number of hydrogen-bond acceptors (Lipinski definition) is 2. The van der Waals surface area contributed by atoms with Crippen molar-refractivity contribution in [2.24, 2.45) is 0 Å². The summed E-state index contributed by atoms with van der Waals surface area (Å²) in [5.74, 6) is 0.986. The van der Waals surface area contributed by atoms with Crippen molar-refractivity contribution in [2.45, 2.75) is 25.2 Å². The molecule has 1 aliphatic rings. The maximum absolute atomic E-state index is 12.4. The number of carbonyl (C=O) groups excluding carboxylic acids is 1. The predicted octanol–water partition coefficient (Wildman–Crippen LogP) is 4.10. The predicted molar refractivity (Wildman–Crippen MR) is 94.5 cm³/mol. The van der Waals surface area contributed by atoms with Gasteiger partial charge in [0.15, 0.2) is 0 Å². The highest BCUT2D eigenvalue weighted by Gasteiger charge is 2.23. The third-order valence-corrected chi connectivity index (χ3v) is 5.01. The molecule has 2 aromatic carbocycles. The minimum atomic E-state index is 0.205. The molecule has 1 aliphatic heterocycles. The Bertz CT molecular complexity index is 659. The largest absolute Gasteiger partial charge is 0.508 e. The second-order valence-electron chi connectivity index (χ2n) is 6.05. The summed E-state index contributed by atoms with van der Waals surface area (Å²) < 4.78 is 1.03. The van der Waals surface area contributed by atoms with Gasteiger partial charge < -0.3 is 10.0 Å². The number of phenols is 1. The van der Waals surface area contributed by atoms with Crippen molar-refractivity contribution in [3.8, 4) is 5.75 Å². The number of carbonyl (C=O) groups is 1. The van der Waals surface area contributed by atoms with E-state index in [9.17, 15) is 9.90 Å². The van der Waals surface area contributed by atoms with Crippen molar-refractivity contribution < 1.29 is 9.90 Å². The lowest BCUT2D eigenvalue weighted by Gasteiger charge is -2.32. The van der Waals surface area contributed by atoms with Gasteiger partial charge >= 0.3 is 0 Å². The van der Waals surface area contributed by atoms with Crippen LogP contribution in [-0.2, 0) is 11.2 Å². The summed E-state index contributed by atoms with van der Waals surface area (Å²) in [5.41, 5.74) is 2.31. The molecule has 0 spiro atoms. The molecule has 2 aromatic rings. The van der Waals surface area contributed by atoms with Gasteiger partial charge in [-0.1, -0.05) is 40.2 Å². The Labute approximate surface area is 145 Å². The molecule has 1 N–H and O–H groups in total. The molecule has 3 rings (SSSR count). The zero-order chi connectivity index (χ0) is 16.2. The van der Waals surface area contributed by atoms with Gasteiger partial charge in [0.25, 0.3) is 0 Å². The number of rotatable bonds is 3. The van der Waals surface area contributed by atoms with Crippen LogP contribution in [0.15, 0.2) is 53.0 Å². The molecule has 1 fully saturated rings. The van der Waals surface area contributed by atoms with Gasteiger partial charge in [0.2, 0.25) is 5.91 Å². The van der Waals surface area contributed by atoms with E-state index in [0.717, 1.165) is 36.0 Å². The second kappa shape index (κ2) is 7.18. The van der Waals surface area contributed by atoms with Gasteiger partial charge in [-0.25, -0.2) is 0 Å². The average molecular weight is 374 g/mol. The van der Waals surface area contributed by atoms with Crippen LogP contribution in [0.5, 0.6) is 5.75 Å². The van der Waals surface area contributed by atoms with Crippen molar-refractivity contribution in [2.75, 3.05) is 13.1 Å². The zero-order valence-corrected chi connectivity index (χ0v) is 14.5. The third kappa shape index (κ3) is 4.14. The molecule has 1 saturated heterocycles. The summed E-state index contributed by atoms with van der Waals surface area (Å²) in [7, 11) is 0. The summed E-state index contributed by atoms with van der Waals surface area (Å²) in [6, 6.07) is 15.4. The van der Waals surface area contributed by atoms with Crippen LogP contribution < -0.4 is 0 Å². The molecule has 1 amide bonds. The highest BCUT2D eigenvalue weighted by Crippen LogP contribution is 2.29. The molecular formula is C19H20BrNO2. The number of phenolic OH excluding ortho intramolecular Hbond substituents is 1. The Morgan fingerprint density at radius 1 is 1.04 bits per heavy atom. The van der Waals surface area contributed by atoms with Crippen molar-refractivity contribution in [1.29, 1.82) is 0 Å². The summed E-state index contributed by atoms with van der Waals surface area (Å²) in [4.78, 5) is 14.4. The molecular weight excluding hydrogens is 354 g/mol. The first-order chi connectivity index (χ1) is 11.1. The van der Waals surface area contributed by atoms with E-state index in [1.807, 2.05) is 41.3 Å². The SMILES string of the molecule is O=C(Cc1ccc(Br)cc1)N1CCC(c2ccc(O)cc2)CC1. The molecule has 0 atom stereocenters. The molecule has 0 unspecified atom stereocenters. The number of hydrogen-bond donors (Lipinski definition) is 1. The molecule has 0 saturated carbocycles. The lowest BCUT2D eigenvalue weighted by Crippen LogP contribution is -2.38. The van der Waals surface area contributed by atoms with Crippen LogP contribution >= 0.6 is 15.9 Å². The normalized spacial score (nSPS) is 15.6. The van der Waals surface area contributed by atoms with E-state index in [0.29, 0.717) is 18.1 Å². The van der Waals surface area contributed by atoms with E-state index in [1.54, 1.807) is 12.1 Å². The number of piperidine rings is 1. The Morgan fingerprint density at radius 2 is 1.65 bits per heavy atom. The molecule has 0 aliphatic carbocycles. The standard InChI is InChI=1S/C19H20BrNO2/c20-17-5-1-14(2-6-17)13-19(23)21-11-9-16(10-12-21)15-3-7-18(22)8-4-15/h1-8,16,22H,9-13H2. The Hall–Kier alpha value is -1.81. The molecule has 0 bridgehead atoms. The Balaban J connectivity index is 1.54. The molecule has 23 heavy (non-hydrogen) atoms. The van der Waals surface area contributed by atoms with Gasteiger partial charge in [-0.15, -0.1) is 0 Å². The van der Waals surface area contributed by atoms with Crippen LogP contribution in [0.25, 0.3) is 0 Å². The number of aromatic hydroxyl groups is 1. The fourth-order valence-corrected chi connectivity index (χ4v) is 3.36. The minimum absolute atomic E-state index is 0.205. The second-order valence-corrected chi connectivity index (χ2v) is 6.97. The van der Waals surface area contributed by atoms with E-state index in [1.165, 1.54) is 5.56 Å². The molecule has 1 heterocycles. The number of amides is 1. The fraction of sp³-hybridized carbons (Fsp3) is 0.316.